The second-order valence-corrected chi connectivity index (χ2v) is 11.8. The number of carbonyl (C=O) groups is 3. The summed E-state index contributed by atoms with van der Waals surface area (Å²) in [6.45, 7) is 10.7. The van der Waals surface area contributed by atoms with Crippen molar-refractivity contribution in [1.82, 2.24) is 19.7 Å². The molecule has 3 aliphatic heterocycles. The van der Waals surface area contributed by atoms with Gasteiger partial charge in [-0.1, -0.05) is 11.3 Å². The van der Waals surface area contributed by atoms with E-state index in [9.17, 15) is 14.4 Å². The molecule has 0 aliphatic carbocycles. The molecule has 5 rings (SSSR count). The van der Waals surface area contributed by atoms with E-state index in [0.717, 1.165) is 53.7 Å². The maximum atomic E-state index is 13.5. The van der Waals surface area contributed by atoms with Crippen molar-refractivity contribution in [2.75, 3.05) is 31.9 Å². The molecule has 3 amide bonds. The molecule has 2 N–H and O–H groups in total. The largest absolute Gasteiger partial charge is 0.390 e. The van der Waals surface area contributed by atoms with Crippen LogP contribution in [0.3, 0.4) is 0 Å². The highest BCUT2D eigenvalue weighted by atomic mass is 32.1. The molecule has 0 saturated carbocycles. The van der Waals surface area contributed by atoms with E-state index in [0.29, 0.717) is 42.7 Å². The quantitative estimate of drug-likeness (QED) is 0.653. The lowest BCUT2D eigenvalue weighted by Crippen LogP contribution is -2.54. The monoisotopic (exact) mass is 497 g/mol. The van der Waals surface area contributed by atoms with Crippen LogP contribution in [0, 0.1) is 19.3 Å². The number of nitrogen functional groups attached to an aromatic ring is 1. The molecule has 3 fully saturated rings. The molecule has 3 aliphatic rings. The van der Waals surface area contributed by atoms with Gasteiger partial charge < -0.3 is 10.6 Å². The van der Waals surface area contributed by atoms with Crippen molar-refractivity contribution < 1.29 is 14.4 Å². The first-order valence-electron chi connectivity index (χ1n) is 12.7. The maximum absolute atomic E-state index is 13.5. The van der Waals surface area contributed by atoms with E-state index < -0.39 is 5.41 Å². The zero-order valence-electron chi connectivity index (χ0n) is 21.1. The van der Waals surface area contributed by atoms with Crippen molar-refractivity contribution in [2.24, 2.45) is 5.41 Å². The Hall–Kier alpha value is -2.52. The highest BCUT2D eigenvalue weighted by molar-refractivity contribution is 7.22. The van der Waals surface area contributed by atoms with Gasteiger partial charge in [-0.2, -0.15) is 0 Å². The van der Waals surface area contributed by atoms with E-state index in [1.165, 1.54) is 16.2 Å². The molecule has 0 radical (unpaired) electrons. The standard InChI is InChI=1S/C26H35N5O3S/c1-15(2)31-20(32)13-26(25(31)34)8-5-9-30(14-26)18-6-10-29(11-7-18)24(33)21-19-12-16(3)17(4)28-23(19)35-22(21)27/h12,15,18H,5-11,13-14,27H2,1-4H3. The van der Waals surface area contributed by atoms with Crippen molar-refractivity contribution in [1.29, 1.82) is 0 Å². The van der Waals surface area contributed by atoms with Gasteiger partial charge in [-0.15, -0.1) is 0 Å². The number of fused-ring (bicyclic) bond motifs is 1. The molecular weight excluding hydrogens is 462 g/mol. The zero-order valence-corrected chi connectivity index (χ0v) is 21.9. The summed E-state index contributed by atoms with van der Waals surface area (Å²) in [5.74, 6) is -0.0435. The number of pyridine rings is 1. The van der Waals surface area contributed by atoms with Crippen LogP contribution in [0.1, 0.15) is 67.6 Å². The number of nitrogens with two attached hydrogens (primary N) is 1. The predicted molar refractivity (Wildman–Crippen MR) is 137 cm³/mol. The molecular formula is C26H35N5O3S. The van der Waals surface area contributed by atoms with Gasteiger partial charge in [0.15, 0.2) is 0 Å². The first-order valence-corrected chi connectivity index (χ1v) is 13.5. The van der Waals surface area contributed by atoms with E-state index >= 15 is 0 Å². The van der Waals surface area contributed by atoms with Crippen LogP contribution in [0.4, 0.5) is 5.00 Å². The number of anilines is 1. The van der Waals surface area contributed by atoms with Crippen LogP contribution in [0.5, 0.6) is 0 Å². The van der Waals surface area contributed by atoms with Crippen LogP contribution in [0.15, 0.2) is 6.07 Å². The minimum atomic E-state index is -0.570. The van der Waals surface area contributed by atoms with E-state index in [4.69, 9.17) is 5.73 Å². The molecule has 2 aromatic rings. The van der Waals surface area contributed by atoms with Crippen molar-refractivity contribution in [3.05, 3.63) is 22.9 Å². The van der Waals surface area contributed by atoms with Crippen molar-refractivity contribution in [3.63, 3.8) is 0 Å². The van der Waals surface area contributed by atoms with Gasteiger partial charge in [-0.3, -0.25) is 24.2 Å². The van der Waals surface area contributed by atoms with Gasteiger partial charge in [0.2, 0.25) is 11.8 Å². The van der Waals surface area contributed by atoms with Crippen LogP contribution in [-0.2, 0) is 9.59 Å². The number of rotatable bonds is 3. The van der Waals surface area contributed by atoms with Gasteiger partial charge >= 0.3 is 0 Å². The molecule has 1 unspecified atom stereocenters. The van der Waals surface area contributed by atoms with Gasteiger partial charge in [-0.25, -0.2) is 4.98 Å². The number of aromatic nitrogens is 1. The van der Waals surface area contributed by atoms with E-state index in [1.807, 2.05) is 38.7 Å². The minimum absolute atomic E-state index is 0.00812. The number of amides is 3. The number of nitrogens with zero attached hydrogens (tertiary/aromatic N) is 4. The normalized spacial score (nSPS) is 24.5. The van der Waals surface area contributed by atoms with Gasteiger partial charge in [0.05, 0.1) is 11.0 Å². The fourth-order valence-corrected chi connectivity index (χ4v) is 7.14. The maximum Gasteiger partial charge on any atom is 0.257 e. The second kappa shape index (κ2) is 8.85. The van der Waals surface area contributed by atoms with Gasteiger partial charge in [0.1, 0.15) is 9.83 Å². The predicted octanol–water partition coefficient (Wildman–Crippen LogP) is 3.35. The molecule has 3 saturated heterocycles. The summed E-state index contributed by atoms with van der Waals surface area (Å²) < 4.78 is 0. The number of likely N-dealkylation sites (tertiary alicyclic amines) is 3. The third-order valence-corrected chi connectivity index (χ3v) is 9.12. The topological polar surface area (TPSA) is 99.8 Å². The molecule has 5 heterocycles. The molecule has 188 valence electrons. The number of carbonyl (C=O) groups excluding carboxylic acids is 3. The lowest BCUT2D eigenvalue weighted by Gasteiger charge is -2.45. The van der Waals surface area contributed by atoms with Gasteiger partial charge in [-0.05, 0) is 71.6 Å². The first kappa shape index (κ1) is 24.2. The molecule has 35 heavy (non-hydrogen) atoms. The number of aryl methyl sites for hydroxylation is 2. The van der Waals surface area contributed by atoms with Gasteiger partial charge in [0, 0.05) is 49.2 Å². The Balaban J connectivity index is 1.27. The molecule has 0 aromatic carbocycles. The molecule has 1 atom stereocenters. The Labute approximate surface area is 210 Å². The number of hydrogen-bond donors (Lipinski definition) is 1. The Bertz CT molecular complexity index is 1200. The average molecular weight is 498 g/mol. The Morgan fingerprint density at radius 1 is 1.20 bits per heavy atom. The fourth-order valence-electron chi connectivity index (χ4n) is 6.18. The Morgan fingerprint density at radius 2 is 1.91 bits per heavy atom. The summed E-state index contributed by atoms with van der Waals surface area (Å²) >= 11 is 1.38. The van der Waals surface area contributed by atoms with E-state index in [2.05, 4.69) is 9.88 Å². The third kappa shape index (κ3) is 4.02. The SMILES string of the molecule is Cc1cc2c(C(=O)N3CCC(N4CCCC5(CC(=O)N(C(C)C)C5=O)C4)CC3)c(N)sc2nc1C. The van der Waals surface area contributed by atoms with Crippen LogP contribution >= 0.6 is 11.3 Å². The molecule has 1 spiro atoms. The molecule has 0 bridgehead atoms. The Morgan fingerprint density at radius 3 is 2.57 bits per heavy atom. The number of imide groups is 1. The summed E-state index contributed by atoms with van der Waals surface area (Å²) in [5.41, 5.74) is 8.31. The van der Waals surface area contributed by atoms with Crippen LogP contribution < -0.4 is 5.73 Å². The first-order chi connectivity index (χ1) is 16.6. The van der Waals surface area contributed by atoms with E-state index in [1.54, 1.807) is 0 Å². The second-order valence-electron chi connectivity index (χ2n) is 10.8. The van der Waals surface area contributed by atoms with Crippen molar-refractivity contribution in [2.45, 2.75) is 71.9 Å². The van der Waals surface area contributed by atoms with E-state index in [-0.39, 0.29) is 23.8 Å². The zero-order chi connectivity index (χ0) is 25.1. The highest BCUT2D eigenvalue weighted by Gasteiger charge is 2.54. The summed E-state index contributed by atoms with van der Waals surface area (Å²) in [7, 11) is 0. The fraction of sp³-hybridized carbons (Fsp3) is 0.615. The Kier molecular flexibility index (Phi) is 6.12. The lowest BCUT2D eigenvalue weighted by molar-refractivity contribution is -0.145. The van der Waals surface area contributed by atoms with Crippen molar-refractivity contribution in [3.8, 4) is 0 Å². The number of thiophene rings is 1. The molecule has 9 heteroatoms. The summed E-state index contributed by atoms with van der Waals surface area (Å²) in [6.07, 6.45) is 3.75. The summed E-state index contributed by atoms with van der Waals surface area (Å²) in [4.78, 5) is 50.5. The minimum Gasteiger partial charge on any atom is -0.390 e. The lowest BCUT2D eigenvalue weighted by atomic mass is 9.77. The number of hydrogen-bond acceptors (Lipinski definition) is 7. The van der Waals surface area contributed by atoms with Crippen LogP contribution in [0.25, 0.3) is 10.2 Å². The highest BCUT2D eigenvalue weighted by Crippen LogP contribution is 2.43. The summed E-state index contributed by atoms with van der Waals surface area (Å²) in [6, 6.07) is 2.25. The smallest absolute Gasteiger partial charge is 0.257 e. The van der Waals surface area contributed by atoms with Crippen molar-refractivity contribution >= 4 is 44.3 Å². The van der Waals surface area contributed by atoms with Crippen LogP contribution in [0.2, 0.25) is 0 Å². The number of piperidine rings is 2. The third-order valence-electron chi connectivity index (χ3n) is 8.19. The van der Waals surface area contributed by atoms with Crippen LogP contribution in [-0.4, -0.2) is 75.7 Å². The molecule has 2 aromatic heterocycles. The molecule has 8 nitrogen and oxygen atoms in total. The van der Waals surface area contributed by atoms with Gasteiger partial charge in [0.25, 0.3) is 5.91 Å². The summed E-state index contributed by atoms with van der Waals surface area (Å²) in [5, 5.41) is 1.38. The average Bonchev–Trinajstić information content (AvgIpc) is 3.25.